The lowest BCUT2D eigenvalue weighted by Gasteiger charge is -2.15. The minimum Gasteiger partial charge on any atom is -0.424 e. The molecule has 7 heteroatoms. The van der Waals surface area contributed by atoms with Gasteiger partial charge in [0.2, 0.25) is 11.2 Å². The van der Waals surface area contributed by atoms with Crippen LogP contribution in [0, 0.1) is 12.7 Å². The van der Waals surface area contributed by atoms with E-state index in [1.54, 1.807) is 13.0 Å². The molecule has 2 aromatic rings. The van der Waals surface area contributed by atoms with E-state index in [-0.39, 0.29) is 17.1 Å². The van der Waals surface area contributed by atoms with Crippen molar-refractivity contribution in [3.63, 3.8) is 0 Å². The predicted molar refractivity (Wildman–Crippen MR) is 77.5 cm³/mol. The van der Waals surface area contributed by atoms with Gasteiger partial charge in [-0.15, -0.1) is 0 Å². The van der Waals surface area contributed by atoms with Crippen LogP contribution in [0.1, 0.15) is 18.4 Å². The van der Waals surface area contributed by atoms with Crippen LogP contribution in [-0.2, 0) is 0 Å². The highest BCUT2D eigenvalue weighted by molar-refractivity contribution is 6.28. The fourth-order valence-electron chi connectivity index (χ4n) is 2.21. The lowest BCUT2D eigenvalue weighted by Crippen LogP contribution is -2.21. The molecule has 0 spiro atoms. The molecule has 1 aromatic carbocycles. The van der Waals surface area contributed by atoms with Crippen molar-refractivity contribution in [2.24, 2.45) is 0 Å². The molecule has 0 radical (unpaired) electrons. The molecular formula is C14H14ClFN4O. The smallest absolute Gasteiger partial charge is 0.328 e. The lowest BCUT2D eigenvalue weighted by atomic mass is 10.2. The first-order chi connectivity index (χ1) is 10.1. The summed E-state index contributed by atoms with van der Waals surface area (Å²) < 4.78 is 18.8. The van der Waals surface area contributed by atoms with Crippen molar-refractivity contribution < 1.29 is 9.13 Å². The van der Waals surface area contributed by atoms with Gasteiger partial charge >= 0.3 is 6.01 Å². The molecule has 1 saturated heterocycles. The van der Waals surface area contributed by atoms with Crippen LogP contribution in [0.5, 0.6) is 11.8 Å². The molecular weight excluding hydrogens is 295 g/mol. The highest BCUT2D eigenvalue weighted by Crippen LogP contribution is 2.24. The number of nitrogens with zero attached hydrogens (tertiary/aromatic N) is 4. The SMILES string of the molecule is Cc1cc(Oc2nc(Cl)nc(N3CCCC3)n2)ccc1F. The second-order valence-corrected chi connectivity index (χ2v) is 5.23. The zero-order chi connectivity index (χ0) is 14.8. The minimum absolute atomic E-state index is 0.0840. The van der Waals surface area contributed by atoms with E-state index >= 15 is 0 Å². The van der Waals surface area contributed by atoms with Crippen LogP contribution in [0.2, 0.25) is 5.28 Å². The van der Waals surface area contributed by atoms with Crippen molar-refractivity contribution in [1.82, 2.24) is 15.0 Å². The summed E-state index contributed by atoms with van der Waals surface area (Å²) in [5.41, 5.74) is 0.493. The Balaban J connectivity index is 1.85. The number of anilines is 1. The number of halogens is 2. The van der Waals surface area contributed by atoms with Crippen LogP contribution in [0.15, 0.2) is 18.2 Å². The van der Waals surface area contributed by atoms with Gasteiger partial charge in [0.25, 0.3) is 0 Å². The number of benzene rings is 1. The molecule has 0 unspecified atom stereocenters. The maximum atomic E-state index is 13.2. The molecule has 21 heavy (non-hydrogen) atoms. The van der Waals surface area contributed by atoms with Crippen LogP contribution in [0.3, 0.4) is 0 Å². The number of aromatic nitrogens is 3. The van der Waals surface area contributed by atoms with Gasteiger partial charge in [0, 0.05) is 13.1 Å². The molecule has 0 amide bonds. The van der Waals surface area contributed by atoms with Crippen LogP contribution >= 0.6 is 11.6 Å². The van der Waals surface area contributed by atoms with E-state index < -0.39 is 0 Å². The largest absolute Gasteiger partial charge is 0.424 e. The zero-order valence-corrected chi connectivity index (χ0v) is 12.3. The van der Waals surface area contributed by atoms with Crippen LogP contribution in [0.4, 0.5) is 10.3 Å². The van der Waals surface area contributed by atoms with Crippen molar-refractivity contribution in [2.45, 2.75) is 19.8 Å². The Morgan fingerprint density at radius 3 is 2.67 bits per heavy atom. The van der Waals surface area contributed by atoms with E-state index in [0.717, 1.165) is 25.9 Å². The summed E-state index contributed by atoms with van der Waals surface area (Å²) >= 11 is 5.92. The van der Waals surface area contributed by atoms with E-state index in [2.05, 4.69) is 15.0 Å². The van der Waals surface area contributed by atoms with Gasteiger partial charge in [-0.2, -0.15) is 15.0 Å². The van der Waals surface area contributed by atoms with E-state index in [1.807, 2.05) is 4.90 Å². The third kappa shape index (κ3) is 3.21. The monoisotopic (exact) mass is 308 g/mol. The number of hydrogen-bond acceptors (Lipinski definition) is 5. The van der Waals surface area contributed by atoms with E-state index in [1.165, 1.54) is 12.1 Å². The summed E-state index contributed by atoms with van der Waals surface area (Å²) in [5.74, 6) is 0.693. The molecule has 0 atom stereocenters. The molecule has 2 heterocycles. The second-order valence-electron chi connectivity index (χ2n) is 4.89. The van der Waals surface area contributed by atoms with Gasteiger partial charge in [-0.1, -0.05) is 0 Å². The molecule has 1 aliphatic rings. The zero-order valence-electron chi connectivity index (χ0n) is 11.5. The minimum atomic E-state index is -0.284. The van der Waals surface area contributed by atoms with Gasteiger partial charge < -0.3 is 9.64 Å². The Bertz CT molecular complexity index is 661. The molecule has 1 aliphatic heterocycles. The Hall–Kier alpha value is -1.95. The third-order valence-electron chi connectivity index (χ3n) is 3.30. The van der Waals surface area contributed by atoms with Crippen molar-refractivity contribution in [1.29, 1.82) is 0 Å². The Morgan fingerprint density at radius 2 is 1.95 bits per heavy atom. The average Bonchev–Trinajstić information content (AvgIpc) is 2.96. The van der Waals surface area contributed by atoms with Crippen molar-refractivity contribution in [3.05, 3.63) is 34.9 Å². The summed E-state index contributed by atoms with van der Waals surface area (Å²) in [5, 5.41) is 0.0840. The van der Waals surface area contributed by atoms with E-state index in [4.69, 9.17) is 16.3 Å². The molecule has 110 valence electrons. The van der Waals surface area contributed by atoms with Gasteiger partial charge in [-0.05, 0) is 55.1 Å². The van der Waals surface area contributed by atoms with Gasteiger partial charge in [0.15, 0.2) is 0 Å². The van der Waals surface area contributed by atoms with Gasteiger partial charge in [-0.3, -0.25) is 0 Å². The topological polar surface area (TPSA) is 51.1 Å². The molecule has 0 saturated carbocycles. The summed E-state index contributed by atoms with van der Waals surface area (Å²) in [4.78, 5) is 14.4. The lowest BCUT2D eigenvalue weighted by molar-refractivity contribution is 0.437. The summed E-state index contributed by atoms with van der Waals surface area (Å²) in [6.07, 6.45) is 2.22. The number of ether oxygens (including phenoxy) is 1. The van der Waals surface area contributed by atoms with Crippen LogP contribution in [-0.4, -0.2) is 28.0 Å². The average molecular weight is 309 g/mol. The van der Waals surface area contributed by atoms with Crippen molar-refractivity contribution in [2.75, 3.05) is 18.0 Å². The van der Waals surface area contributed by atoms with Crippen molar-refractivity contribution >= 4 is 17.5 Å². The first-order valence-corrected chi connectivity index (χ1v) is 7.10. The molecule has 1 fully saturated rings. The number of hydrogen-bond donors (Lipinski definition) is 0. The summed E-state index contributed by atoms with van der Waals surface area (Å²) in [7, 11) is 0. The van der Waals surface area contributed by atoms with Gasteiger partial charge in [0.1, 0.15) is 11.6 Å². The van der Waals surface area contributed by atoms with Gasteiger partial charge in [0.05, 0.1) is 0 Å². The molecule has 0 aliphatic carbocycles. The van der Waals surface area contributed by atoms with E-state index in [0.29, 0.717) is 17.3 Å². The van der Waals surface area contributed by atoms with Gasteiger partial charge in [-0.25, -0.2) is 4.39 Å². The molecule has 1 aromatic heterocycles. The van der Waals surface area contributed by atoms with Crippen LogP contribution in [0.25, 0.3) is 0 Å². The Labute approximate surface area is 126 Å². The maximum Gasteiger partial charge on any atom is 0.328 e. The number of aryl methyl sites for hydroxylation is 1. The Kier molecular flexibility index (Phi) is 3.88. The highest BCUT2D eigenvalue weighted by atomic mass is 35.5. The van der Waals surface area contributed by atoms with E-state index in [9.17, 15) is 4.39 Å². The standard InChI is InChI=1S/C14H14ClFN4O/c1-9-8-10(4-5-11(9)16)21-14-18-12(15)17-13(19-14)20-6-2-3-7-20/h4-5,8H,2-3,6-7H2,1H3. The maximum absolute atomic E-state index is 13.2. The quantitative estimate of drug-likeness (QED) is 0.870. The summed E-state index contributed by atoms with van der Waals surface area (Å²) in [6.45, 7) is 3.46. The Morgan fingerprint density at radius 1 is 1.19 bits per heavy atom. The number of rotatable bonds is 3. The predicted octanol–water partition coefficient (Wildman–Crippen LogP) is 3.37. The third-order valence-corrected chi connectivity index (χ3v) is 3.47. The highest BCUT2D eigenvalue weighted by Gasteiger charge is 2.17. The summed E-state index contributed by atoms with van der Waals surface area (Å²) in [6, 6.07) is 4.57. The molecule has 0 N–H and O–H groups in total. The fourth-order valence-corrected chi connectivity index (χ4v) is 2.36. The normalized spacial score (nSPS) is 14.5. The first kappa shape index (κ1) is 14.0. The fraction of sp³-hybridized carbons (Fsp3) is 0.357. The van der Waals surface area contributed by atoms with Crippen LogP contribution < -0.4 is 9.64 Å². The first-order valence-electron chi connectivity index (χ1n) is 6.72. The second kappa shape index (κ2) is 5.81. The molecule has 0 bridgehead atoms. The van der Waals surface area contributed by atoms with Crippen molar-refractivity contribution in [3.8, 4) is 11.8 Å². The molecule has 5 nitrogen and oxygen atoms in total. The molecule has 3 rings (SSSR count).